The minimum absolute atomic E-state index is 0.136. The van der Waals surface area contributed by atoms with Crippen LogP contribution in [-0.2, 0) is 19.1 Å². The number of hydrogen-bond acceptors (Lipinski definition) is 8. The molecule has 0 aliphatic carbocycles. The summed E-state index contributed by atoms with van der Waals surface area (Å²) >= 11 is 0. The number of aromatic nitrogens is 4. The second-order valence-electron chi connectivity index (χ2n) is 15.0. The summed E-state index contributed by atoms with van der Waals surface area (Å²) in [5.74, 6) is 0.928. The minimum Gasteiger partial charge on any atom is -0.453 e. The van der Waals surface area contributed by atoms with Gasteiger partial charge in [0.05, 0.1) is 43.0 Å². The van der Waals surface area contributed by atoms with Crippen molar-refractivity contribution in [3.05, 3.63) is 84.7 Å². The maximum atomic E-state index is 13.5. The van der Waals surface area contributed by atoms with Crippen molar-refractivity contribution >= 4 is 34.8 Å². The van der Waals surface area contributed by atoms with Gasteiger partial charge in [-0.1, -0.05) is 69.3 Å². The van der Waals surface area contributed by atoms with Gasteiger partial charge in [0.1, 0.15) is 17.7 Å². The molecule has 0 saturated carbocycles. The van der Waals surface area contributed by atoms with Crippen molar-refractivity contribution in [2.24, 2.45) is 5.92 Å². The molecule has 4 heterocycles. The number of methoxy groups -OCH3 is 1. The van der Waals surface area contributed by atoms with Crippen LogP contribution in [0.2, 0.25) is 0 Å². The molecule has 57 heavy (non-hydrogen) atoms. The van der Waals surface area contributed by atoms with Crippen molar-refractivity contribution in [1.82, 2.24) is 40.4 Å². The largest absolute Gasteiger partial charge is 0.453 e. The van der Waals surface area contributed by atoms with E-state index in [4.69, 9.17) is 9.47 Å². The first kappa shape index (κ1) is 39.1. The molecule has 4 atom stereocenters. The number of carbonyl (C=O) groups excluding carboxylic acids is 4. The summed E-state index contributed by atoms with van der Waals surface area (Å²) in [7, 11) is 2.77. The normalized spacial score (nSPS) is 17.8. The lowest BCUT2D eigenvalue weighted by Crippen LogP contribution is -2.48. The van der Waals surface area contributed by atoms with Gasteiger partial charge in [0.15, 0.2) is 6.10 Å². The van der Waals surface area contributed by atoms with Gasteiger partial charge in [-0.3, -0.25) is 9.59 Å². The van der Waals surface area contributed by atoms with E-state index in [-0.39, 0.29) is 29.8 Å². The van der Waals surface area contributed by atoms with Crippen molar-refractivity contribution in [3.63, 3.8) is 0 Å². The van der Waals surface area contributed by atoms with Crippen molar-refractivity contribution in [2.75, 3.05) is 27.2 Å². The topological polar surface area (TPSA) is 175 Å². The van der Waals surface area contributed by atoms with Crippen LogP contribution in [0.15, 0.2) is 73.1 Å². The number of likely N-dealkylation sites (tertiary alicyclic amines) is 2. The number of amides is 4. The second kappa shape index (κ2) is 16.9. The number of aromatic amines is 2. The number of nitrogens with one attached hydrogen (secondary N) is 4. The summed E-state index contributed by atoms with van der Waals surface area (Å²) in [5, 5.41) is 7.28. The monoisotopic (exact) mass is 774 g/mol. The van der Waals surface area contributed by atoms with Gasteiger partial charge in [-0.2, -0.15) is 0 Å². The van der Waals surface area contributed by atoms with Crippen LogP contribution in [0.5, 0.6) is 0 Å². The zero-order valence-corrected chi connectivity index (χ0v) is 33.0. The predicted molar refractivity (Wildman–Crippen MR) is 216 cm³/mol. The molecular weight excluding hydrogens is 725 g/mol. The number of H-pyrrole nitrogens is 2. The molecule has 298 valence electrons. The molecule has 2 aromatic heterocycles. The molecule has 4 amide bonds. The van der Waals surface area contributed by atoms with Gasteiger partial charge in [0, 0.05) is 25.7 Å². The van der Waals surface area contributed by atoms with Crippen LogP contribution in [-0.4, -0.2) is 93.1 Å². The van der Waals surface area contributed by atoms with E-state index in [1.165, 1.54) is 14.2 Å². The van der Waals surface area contributed by atoms with E-state index < -0.39 is 24.3 Å². The van der Waals surface area contributed by atoms with Crippen LogP contribution in [0.4, 0.5) is 9.59 Å². The number of benzene rings is 3. The average Bonchev–Trinajstić information content (AvgIpc) is 4.07. The number of nitrogens with zero attached hydrogens (tertiary/aromatic N) is 4. The molecule has 14 nitrogen and oxygen atoms in total. The summed E-state index contributed by atoms with van der Waals surface area (Å²) in [6, 6.07) is 20.0. The predicted octanol–water partition coefficient (Wildman–Crippen LogP) is 7.13. The van der Waals surface area contributed by atoms with Gasteiger partial charge < -0.3 is 39.9 Å². The van der Waals surface area contributed by atoms with Crippen LogP contribution in [0.1, 0.15) is 76.6 Å². The highest BCUT2D eigenvalue weighted by atomic mass is 16.6. The SMILES string of the molecule is CC[C@H](NC(=O)OC)C(=O)N1CCCC1c1ncc(-c2ccc3cc(-c4ccc(-c5cnc([C@@H]6CCCN6C(=O)[C@@H](OC(=O)NC)C(C)C)[nH]5)cc4)ccc3c2)[nH]1. The fraction of sp³-hybridized carbons (Fsp3) is 0.395. The van der Waals surface area contributed by atoms with Crippen LogP contribution >= 0.6 is 0 Å². The highest BCUT2D eigenvalue weighted by Crippen LogP contribution is 2.35. The summed E-state index contributed by atoms with van der Waals surface area (Å²) in [6.07, 6.45) is 5.22. The Morgan fingerprint density at radius 3 is 1.84 bits per heavy atom. The second-order valence-corrected chi connectivity index (χ2v) is 15.0. The summed E-state index contributed by atoms with van der Waals surface area (Å²) < 4.78 is 10.2. The summed E-state index contributed by atoms with van der Waals surface area (Å²) in [5.41, 5.74) is 5.87. The third-order valence-electron chi connectivity index (χ3n) is 11.0. The number of carbonyl (C=O) groups is 4. The molecule has 1 unspecified atom stereocenters. The first-order valence-electron chi connectivity index (χ1n) is 19.7. The number of rotatable bonds is 11. The van der Waals surface area contributed by atoms with Gasteiger partial charge in [-0.05, 0) is 77.6 Å². The fourth-order valence-corrected chi connectivity index (χ4v) is 7.92. The number of alkyl carbamates (subject to hydrolysis) is 2. The Hall–Kier alpha value is -6.18. The molecule has 2 aliphatic heterocycles. The van der Waals surface area contributed by atoms with Gasteiger partial charge in [0.25, 0.3) is 5.91 Å². The van der Waals surface area contributed by atoms with E-state index in [2.05, 4.69) is 91.2 Å². The maximum Gasteiger partial charge on any atom is 0.407 e. The third kappa shape index (κ3) is 8.21. The molecule has 7 rings (SSSR count). The van der Waals surface area contributed by atoms with Crippen molar-refractivity contribution in [2.45, 2.75) is 77.1 Å². The Balaban J connectivity index is 1.02. The van der Waals surface area contributed by atoms with Crippen LogP contribution in [0.25, 0.3) is 44.4 Å². The van der Waals surface area contributed by atoms with Crippen LogP contribution in [0.3, 0.4) is 0 Å². The molecule has 0 radical (unpaired) electrons. The van der Waals surface area contributed by atoms with Crippen LogP contribution < -0.4 is 10.6 Å². The molecule has 0 spiro atoms. The number of fused-ring (bicyclic) bond motifs is 1. The van der Waals surface area contributed by atoms with Gasteiger partial charge in [-0.15, -0.1) is 0 Å². The molecule has 3 aromatic carbocycles. The van der Waals surface area contributed by atoms with Gasteiger partial charge in [-0.25, -0.2) is 19.6 Å². The van der Waals surface area contributed by atoms with E-state index in [1.54, 1.807) is 16.0 Å². The van der Waals surface area contributed by atoms with E-state index >= 15 is 0 Å². The molecule has 5 aromatic rings. The first-order valence-corrected chi connectivity index (χ1v) is 19.7. The molecule has 0 bridgehead atoms. The number of ether oxygens (including phenoxy) is 2. The summed E-state index contributed by atoms with van der Waals surface area (Å²) in [4.78, 5) is 70.5. The zero-order chi connectivity index (χ0) is 40.2. The Morgan fingerprint density at radius 2 is 1.28 bits per heavy atom. The molecule has 4 N–H and O–H groups in total. The Morgan fingerprint density at radius 1 is 0.754 bits per heavy atom. The Bertz CT molecular complexity index is 2250. The van der Waals surface area contributed by atoms with E-state index in [0.29, 0.717) is 25.3 Å². The van der Waals surface area contributed by atoms with Crippen molar-refractivity contribution in [3.8, 4) is 33.6 Å². The van der Waals surface area contributed by atoms with Gasteiger partial charge >= 0.3 is 12.2 Å². The first-order chi connectivity index (χ1) is 27.6. The Labute approximate surface area is 331 Å². The van der Waals surface area contributed by atoms with Crippen LogP contribution in [0, 0.1) is 5.92 Å². The number of imidazole rings is 2. The third-order valence-corrected chi connectivity index (χ3v) is 11.0. The van der Waals surface area contributed by atoms with Crippen molar-refractivity contribution < 1.29 is 28.7 Å². The molecule has 14 heteroatoms. The van der Waals surface area contributed by atoms with Crippen molar-refractivity contribution in [1.29, 1.82) is 0 Å². The zero-order valence-electron chi connectivity index (χ0n) is 33.0. The molecule has 2 saturated heterocycles. The highest BCUT2D eigenvalue weighted by molar-refractivity contribution is 5.91. The van der Waals surface area contributed by atoms with E-state index in [9.17, 15) is 19.2 Å². The summed E-state index contributed by atoms with van der Waals surface area (Å²) in [6.45, 7) is 6.78. The van der Waals surface area contributed by atoms with E-state index in [1.807, 2.05) is 27.0 Å². The lowest BCUT2D eigenvalue weighted by atomic mass is 9.98. The quantitative estimate of drug-likeness (QED) is 0.110. The highest BCUT2D eigenvalue weighted by Gasteiger charge is 2.39. The lowest BCUT2D eigenvalue weighted by molar-refractivity contribution is -0.143. The Kier molecular flexibility index (Phi) is 11.6. The van der Waals surface area contributed by atoms with E-state index in [0.717, 1.165) is 75.9 Å². The van der Waals surface area contributed by atoms with Gasteiger partial charge in [0.2, 0.25) is 5.91 Å². The maximum absolute atomic E-state index is 13.5. The smallest absolute Gasteiger partial charge is 0.407 e. The molecule has 2 aliphatic rings. The molecule has 2 fully saturated rings. The lowest BCUT2D eigenvalue weighted by Gasteiger charge is -2.29. The number of hydrogen-bond donors (Lipinski definition) is 4. The minimum atomic E-state index is -0.874. The molecular formula is C43H50N8O6. The average molecular weight is 775 g/mol. The standard InChI is InChI=1S/C43H50N8O6/c1-6-32(49-43(55)56-5)40(52)50-19-7-9-35(50)38-46-24-34(48-38)31-18-17-29-21-28(15-16-30(29)22-31)26-11-13-27(14-12-26)33-23-45-39(47-33)36-10-8-20-51(36)41(53)37(25(2)3)57-42(54)44-4/h11-18,21-25,32,35-37H,6-10,19-20H2,1-5H3,(H,44,54)(H,45,47)(H,46,48)(H,49,55)/t32-,35?,36-,37-/m0/s1. The fourth-order valence-electron chi connectivity index (χ4n) is 7.92.